The van der Waals surface area contributed by atoms with Crippen molar-refractivity contribution in [3.8, 4) is 0 Å². The lowest BCUT2D eigenvalue weighted by atomic mass is 10.2. The van der Waals surface area contributed by atoms with Gasteiger partial charge in [-0.1, -0.05) is 29.8 Å². The molecule has 1 aliphatic rings. The van der Waals surface area contributed by atoms with Crippen molar-refractivity contribution in [2.24, 2.45) is 0 Å². The molecule has 1 fully saturated rings. The number of halogens is 1. The number of para-hydroxylation sites is 1. The number of piperazine rings is 1. The van der Waals surface area contributed by atoms with E-state index < -0.39 is 0 Å². The number of hydrogen-bond acceptors (Lipinski definition) is 3. The van der Waals surface area contributed by atoms with Crippen molar-refractivity contribution < 1.29 is 0 Å². The summed E-state index contributed by atoms with van der Waals surface area (Å²) >= 11 is 11.2. The van der Waals surface area contributed by atoms with Gasteiger partial charge in [-0.2, -0.15) is 0 Å². The minimum Gasteiger partial charge on any atom is -0.369 e. The Morgan fingerprint density at radius 3 is 2.35 bits per heavy atom. The van der Waals surface area contributed by atoms with Gasteiger partial charge in [0.1, 0.15) is 0 Å². The first kappa shape index (κ1) is 19.0. The summed E-state index contributed by atoms with van der Waals surface area (Å²) in [5.41, 5.74) is 2.27. The van der Waals surface area contributed by atoms with Crippen molar-refractivity contribution in [1.29, 1.82) is 0 Å². The molecule has 26 heavy (non-hydrogen) atoms. The molecule has 0 unspecified atom stereocenters. The van der Waals surface area contributed by atoms with E-state index in [1.807, 2.05) is 24.3 Å². The Bertz CT molecular complexity index is 685. The summed E-state index contributed by atoms with van der Waals surface area (Å²) < 4.78 is 0. The summed E-state index contributed by atoms with van der Waals surface area (Å²) in [6, 6.07) is 18.2. The molecule has 3 rings (SSSR count). The molecule has 0 aromatic heterocycles. The highest BCUT2D eigenvalue weighted by Crippen LogP contribution is 2.15. The Balaban J connectivity index is 1.30. The third-order valence-corrected chi connectivity index (χ3v) is 5.03. The Morgan fingerprint density at radius 1 is 0.962 bits per heavy atom. The molecule has 4 nitrogen and oxygen atoms in total. The largest absolute Gasteiger partial charge is 0.369 e. The van der Waals surface area contributed by atoms with Crippen LogP contribution in [0.3, 0.4) is 0 Å². The van der Waals surface area contributed by atoms with Crippen molar-refractivity contribution in [1.82, 2.24) is 10.2 Å². The molecular weight excluding hydrogens is 364 g/mol. The van der Waals surface area contributed by atoms with Crippen LogP contribution in [0.4, 0.5) is 11.4 Å². The Labute approximate surface area is 166 Å². The molecule has 0 aliphatic carbocycles. The van der Waals surface area contributed by atoms with Crippen LogP contribution in [0.15, 0.2) is 54.6 Å². The van der Waals surface area contributed by atoms with E-state index in [4.69, 9.17) is 23.8 Å². The minimum atomic E-state index is 0.654. The maximum Gasteiger partial charge on any atom is 0.170 e. The molecule has 138 valence electrons. The van der Waals surface area contributed by atoms with Crippen LogP contribution in [-0.4, -0.2) is 49.3 Å². The number of rotatable bonds is 6. The molecule has 0 radical (unpaired) electrons. The van der Waals surface area contributed by atoms with E-state index >= 15 is 0 Å². The maximum absolute atomic E-state index is 5.88. The zero-order valence-corrected chi connectivity index (χ0v) is 16.4. The summed E-state index contributed by atoms with van der Waals surface area (Å²) in [5.74, 6) is 0. The number of hydrogen-bond donors (Lipinski definition) is 2. The smallest absolute Gasteiger partial charge is 0.170 e. The fourth-order valence-electron chi connectivity index (χ4n) is 3.08. The lowest BCUT2D eigenvalue weighted by molar-refractivity contribution is 0.255. The third-order valence-electron chi connectivity index (χ3n) is 4.53. The van der Waals surface area contributed by atoms with Crippen LogP contribution in [0.1, 0.15) is 6.42 Å². The van der Waals surface area contributed by atoms with Gasteiger partial charge >= 0.3 is 0 Å². The highest BCUT2D eigenvalue weighted by molar-refractivity contribution is 7.80. The van der Waals surface area contributed by atoms with Gasteiger partial charge in [0.15, 0.2) is 5.11 Å². The van der Waals surface area contributed by atoms with E-state index in [9.17, 15) is 0 Å². The van der Waals surface area contributed by atoms with Gasteiger partial charge in [-0.05, 0) is 61.6 Å². The van der Waals surface area contributed by atoms with Crippen molar-refractivity contribution in [3.05, 3.63) is 59.6 Å². The van der Waals surface area contributed by atoms with Crippen LogP contribution in [-0.2, 0) is 0 Å². The quantitative estimate of drug-likeness (QED) is 0.580. The van der Waals surface area contributed by atoms with Gasteiger partial charge in [0.2, 0.25) is 0 Å². The molecule has 0 amide bonds. The second-order valence-corrected chi connectivity index (χ2v) is 7.25. The molecule has 1 heterocycles. The monoisotopic (exact) mass is 388 g/mol. The number of nitrogens with zero attached hydrogens (tertiary/aromatic N) is 2. The van der Waals surface area contributed by atoms with Gasteiger partial charge in [0, 0.05) is 49.1 Å². The SMILES string of the molecule is S=C(NCCCN1CCN(c2ccccc2)CC1)Nc1ccc(Cl)cc1. The number of anilines is 2. The van der Waals surface area contributed by atoms with Crippen molar-refractivity contribution in [2.45, 2.75) is 6.42 Å². The second kappa shape index (κ2) is 9.76. The van der Waals surface area contributed by atoms with Gasteiger partial charge in [-0.25, -0.2) is 0 Å². The van der Waals surface area contributed by atoms with Gasteiger partial charge < -0.3 is 15.5 Å². The third kappa shape index (κ3) is 5.87. The first-order valence-electron chi connectivity index (χ1n) is 9.03. The van der Waals surface area contributed by atoms with Gasteiger partial charge in [-0.3, -0.25) is 4.90 Å². The molecule has 2 aromatic carbocycles. The number of benzene rings is 2. The van der Waals surface area contributed by atoms with Gasteiger partial charge in [-0.15, -0.1) is 0 Å². The predicted molar refractivity (Wildman–Crippen MR) is 115 cm³/mol. The molecule has 1 aliphatic heterocycles. The topological polar surface area (TPSA) is 30.5 Å². The average molecular weight is 389 g/mol. The standard InChI is InChI=1S/C20H25ClN4S/c21-17-7-9-18(10-8-17)23-20(26)22-11-4-12-24-13-15-25(16-14-24)19-5-2-1-3-6-19/h1-3,5-10H,4,11-16H2,(H2,22,23,26). The molecule has 0 saturated carbocycles. The molecule has 2 N–H and O–H groups in total. The van der Waals surface area contributed by atoms with E-state index in [1.54, 1.807) is 0 Å². The summed E-state index contributed by atoms with van der Waals surface area (Å²) in [4.78, 5) is 4.98. The summed E-state index contributed by atoms with van der Waals surface area (Å²) in [6.45, 7) is 6.38. The van der Waals surface area contributed by atoms with E-state index in [-0.39, 0.29) is 0 Å². The number of thiocarbonyl (C=S) groups is 1. The number of nitrogens with one attached hydrogen (secondary N) is 2. The van der Waals surface area contributed by atoms with E-state index in [0.717, 1.165) is 56.4 Å². The van der Waals surface area contributed by atoms with Crippen LogP contribution < -0.4 is 15.5 Å². The molecule has 0 spiro atoms. The van der Waals surface area contributed by atoms with Crippen LogP contribution in [0.25, 0.3) is 0 Å². The zero-order chi connectivity index (χ0) is 18.2. The average Bonchev–Trinajstić information content (AvgIpc) is 2.68. The zero-order valence-electron chi connectivity index (χ0n) is 14.8. The van der Waals surface area contributed by atoms with Crippen LogP contribution in [0.2, 0.25) is 5.02 Å². The van der Waals surface area contributed by atoms with Crippen molar-refractivity contribution >= 4 is 40.3 Å². The highest BCUT2D eigenvalue weighted by Gasteiger charge is 2.16. The highest BCUT2D eigenvalue weighted by atomic mass is 35.5. The fourth-order valence-corrected chi connectivity index (χ4v) is 3.43. The lowest BCUT2D eigenvalue weighted by Crippen LogP contribution is -2.47. The summed E-state index contributed by atoms with van der Waals surface area (Å²) in [7, 11) is 0. The van der Waals surface area contributed by atoms with Crippen molar-refractivity contribution in [3.63, 3.8) is 0 Å². The Hall–Kier alpha value is -1.82. The Morgan fingerprint density at radius 2 is 1.65 bits per heavy atom. The molecule has 6 heteroatoms. The maximum atomic E-state index is 5.88. The Kier molecular flexibility index (Phi) is 7.12. The van der Waals surface area contributed by atoms with Gasteiger partial charge in [0.05, 0.1) is 0 Å². The fraction of sp³-hybridized carbons (Fsp3) is 0.350. The summed E-state index contributed by atoms with van der Waals surface area (Å²) in [6.07, 6.45) is 1.08. The van der Waals surface area contributed by atoms with Crippen LogP contribution >= 0.6 is 23.8 Å². The van der Waals surface area contributed by atoms with E-state index in [2.05, 4.69) is 50.8 Å². The molecule has 0 atom stereocenters. The first-order valence-corrected chi connectivity index (χ1v) is 9.82. The molecule has 1 saturated heterocycles. The predicted octanol–water partition coefficient (Wildman–Crippen LogP) is 3.84. The summed E-state index contributed by atoms with van der Waals surface area (Å²) in [5, 5.41) is 7.82. The molecular formula is C20H25ClN4S. The van der Waals surface area contributed by atoms with E-state index in [0.29, 0.717) is 5.11 Å². The minimum absolute atomic E-state index is 0.654. The van der Waals surface area contributed by atoms with Crippen LogP contribution in [0.5, 0.6) is 0 Å². The molecule has 2 aromatic rings. The second-order valence-electron chi connectivity index (χ2n) is 6.41. The van der Waals surface area contributed by atoms with Crippen molar-refractivity contribution in [2.75, 3.05) is 49.5 Å². The van der Waals surface area contributed by atoms with Crippen LogP contribution in [0, 0.1) is 0 Å². The first-order chi connectivity index (χ1) is 12.7. The molecule has 0 bridgehead atoms. The lowest BCUT2D eigenvalue weighted by Gasteiger charge is -2.36. The van der Waals surface area contributed by atoms with Gasteiger partial charge in [0.25, 0.3) is 0 Å². The van der Waals surface area contributed by atoms with E-state index in [1.165, 1.54) is 5.69 Å². The normalized spacial score (nSPS) is 14.9.